The number of hydrogen-bond acceptors (Lipinski definition) is 6. The summed E-state index contributed by atoms with van der Waals surface area (Å²) in [4.78, 5) is 27.3. The molecule has 0 atom stereocenters. The zero-order valence-corrected chi connectivity index (χ0v) is 12.6. The Morgan fingerprint density at radius 3 is 3.09 bits per heavy atom. The molecule has 116 valence electrons. The second-order valence-corrected chi connectivity index (χ2v) is 6.16. The Hall–Kier alpha value is -2.84. The molecule has 2 aromatic rings. The van der Waals surface area contributed by atoms with Gasteiger partial charge in [-0.1, -0.05) is 0 Å². The van der Waals surface area contributed by atoms with Gasteiger partial charge in [0.1, 0.15) is 29.4 Å². The molecule has 7 nitrogen and oxygen atoms in total. The molecule has 0 saturated carbocycles. The van der Waals surface area contributed by atoms with Gasteiger partial charge < -0.3 is 14.8 Å². The molecule has 4 rings (SSSR count). The number of nitriles is 1. The third-order valence-electron chi connectivity index (χ3n) is 4.89. The zero-order valence-electron chi connectivity index (χ0n) is 12.6. The van der Waals surface area contributed by atoms with Crippen LogP contribution in [-0.4, -0.2) is 51.0 Å². The smallest absolute Gasteiger partial charge is 0.146 e. The predicted molar refractivity (Wildman–Crippen MR) is 84.2 cm³/mol. The van der Waals surface area contributed by atoms with Gasteiger partial charge in [-0.25, -0.2) is 14.8 Å². The van der Waals surface area contributed by atoms with Gasteiger partial charge in [0.2, 0.25) is 0 Å². The molecule has 23 heavy (non-hydrogen) atoms. The third-order valence-corrected chi connectivity index (χ3v) is 4.89. The minimum Gasteiger partial charge on any atom is -0.356 e. The zero-order chi connectivity index (χ0) is 15.9. The van der Waals surface area contributed by atoms with E-state index in [1.165, 1.54) is 0 Å². The van der Waals surface area contributed by atoms with E-state index < -0.39 is 0 Å². The van der Waals surface area contributed by atoms with Crippen molar-refractivity contribution in [1.29, 1.82) is 5.26 Å². The number of fused-ring (bicyclic) bond motifs is 1. The summed E-state index contributed by atoms with van der Waals surface area (Å²) < 4.78 is 0. The number of aromatic amines is 1. The lowest BCUT2D eigenvalue weighted by Gasteiger charge is -2.54. The number of anilines is 1. The van der Waals surface area contributed by atoms with Crippen LogP contribution in [0.3, 0.4) is 0 Å². The second kappa shape index (κ2) is 5.11. The fourth-order valence-electron chi connectivity index (χ4n) is 3.87. The summed E-state index contributed by atoms with van der Waals surface area (Å²) in [5.41, 5.74) is 1.26. The van der Waals surface area contributed by atoms with E-state index in [0.717, 1.165) is 49.3 Å². The van der Waals surface area contributed by atoms with Gasteiger partial charge in [0.05, 0.1) is 23.4 Å². The van der Waals surface area contributed by atoms with Gasteiger partial charge in [0.25, 0.3) is 0 Å². The first-order valence-electron chi connectivity index (χ1n) is 7.69. The van der Waals surface area contributed by atoms with Crippen LogP contribution >= 0.6 is 0 Å². The summed E-state index contributed by atoms with van der Waals surface area (Å²) in [6, 6.07) is 4.05. The maximum absolute atomic E-state index is 11.2. The number of nitrogens with zero attached hydrogens (tertiary/aromatic N) is 5. The predicted octanol–water partition coefficient (Wildman–Crippen LogP) is 1.24. The lowest BCUT2D eigenvalue weighted by molar-refractivity contribution is 0.139. The van der Waals surface area contributed by atoms with E-state index in [2.05, 4.69) is 30.8 Å². The number of likely N-dealkylation sites (tertiary alicyclic amines) is 1. The average Bonchev–Trinajstić information content (AvgIpc) is 3.17. The maximum Gasteiger partial charge on any atom is 0.146 e. The van der Waals surface area contributed by atoms with E-state index in [1.807, 2.05) is 18.2 Å². The molecule has 2 aromatic heterocycles. The summed E-state index contributed by atoms with van der Waals surface area (Å²) in [6.07, 6.45) is 5.62. The lowest BCUT2D eigenvalue weighted by atomic mass is 9.86. The molecule has 0 amide bonds. The van der Waals surface area contributed by atoms with Crippen molar-refractivity contribution in [2.75, 3.05) is 24.5 Å². The number of H-pyrrole nitrogens is 1. The molecule has 2 aliphatic rings. The highest BCUT2D eigenvalue weighted by atomic mass is 16.1. The molecule has 1 spiro atoms. The monoisotopic (exact) mass is 308 g/mol. The normalized spacial score (nSPS) is 18.7. The number of nitrogens with one attached hydrogen (secondary N) is 1. The highest BCUT2D eigenvalue weighted by Crippen LogP contribution is 2.42. The molecule has 2 aliphatic heterocycles. The Morgan fingerprint density at radius 1 is 1.43 bits per heavy atom. The van der Waals surface area contributed by atoms with Crippen LogP contribution in [0.5, 0.6) is 0 Å². The maximum atomic E-state index is 11.2. The van der Waals surface area contributed by atoms with Crippen molar-refractivity contribution in [3.63, 3.8) is 0 Å². The van der Waals surface area contributed by atoms with Gasteiger partial charge in [-0.15, -0.1) is 0 Å². The van der Waals surface area contributed by atoms with Crippen molar-refractivity contribution in [3.05, 3.63) is 24.3 Å². The largest absolute Gasteiger partial charge is 0.356 e. The van der Waals surface area contributed by atoms with Gasteiger partial charge in [-0.05, 0) is 18.9 Å². The first kappa shape index (κ1) is 13.8. The van der Waals surface area contributed by atoms with Crippen LogP contribution < -0.4 is 4.90 Å². The summed E-state index contributed by atoms with van der Waals surface area (Å²) in [5, 5.41) is 9.92. The Morgan fingerprint density at radius 2 is 2.30 bits per heavy atom. The Labute approximate surface area is 133 Å². The summed E-state index contributed by atoms with van der Waals surface area (Å²) >= 11 is 0. The summed E-state index contributed by atoms with van der Waals surface area (Å²) in [7, 11) is 0. The molecule has 7 heteroatoms. The first-order valence-corrected chi connectivity index (χ1v) is 7.69. The SMILES string of the molecule is N#CCC(=C=O)N1CCCC12CN(c1ncnc3[nH]ccc13)C2. The van der Waals surface area contributed by atoms with Crippen molar-refractivity contribution < 1.29 is 4.79 Å². The average molecular weight is 308 g/mol. The van der Waals surface area contributed by atoms with E-state index in [4.69, 9.17) is 5.26 Å². The molecule has 2 fully saturated rings. The summed E-state index contributed by atoms with van der Waals surface area (Å²) in [5.74, 6) is 2.89. The Kier molecular flexibility index (Phi) is 3.07. The van der Waals surface area contributed by atoms with E-state index in [0.29, 0.717) is 5.70 Å². The standard InChI is InChI=1S/C16H16N6O/c17-5-2-12(8-23)22-7-1-4-16(22)9-21(10-16)15-13-3-6-18-14(13)19-11-20-15/h3,6,11H,1-2,4,7,9-10H2,(H,18,19,20). The third kappa shape index (κ3) is 2.00. The molecule has 0 aromatic carbocycles. The molecule has 4 heterocycles. The van der Waals surface area contributed by atoms with E-state index in [-0.39, 0.29) is 12.0 Å². The summed E-state index contributed by atoms with van der Waals surface area (Å²) in [6.45, 7) is 2.44. The fourth-order valence-corrected chi connectivity index (χ4v) is 3.87. The molecular formula is C16H16N6O. The van der Waals surface area contributed by atoms with Crippen LogP contribution in [0, 0.1) is 11.3 Å². The molecular weight excluding hydrogens is 292 g/mol. The highest BCUT2D eigenvalue weighted by molar-refractivity contribution is 5.87. The van der Waals surface area contributed by atoms with Crippen LogP contribution in [0.4, 0.5) is 5.82 Å². The molecule has 2 saturated heterocycles. The van der Waals surface area contributed by atoms with Crippen LogP contribution in [0.25, 0.3) is 11.0 Å². The van der Waals surface area contributed by atoms with Crippen LogP contribution in [0.2, 0.25) is 0 Å². The minimum absolute atomic E-state index is 0.0584. The highest BCUT2D eigenvalue weighted by Gasteiger charge is 2.51. The fraction of sp³-hybridized carbons (Fsp3) is 0.438. The van der Waals surface area contributed by atoms with Gasteiger partial charge in [-0.3, -0.25) is 0 Å². The number of aromatic nitrogens is 3. The number of carbonyl (C=O) groups excluding carboxylic acids is 1. The topological polar surface area (TPSA) is 88.9 Å². The first-order chi connectivity index (χ1) is 11.3. The molecule has 0 bridgehead atoms. The molecule has 0 aliphatic carbocycles. The number of hydrogen-bond donors (Lipinski definition) is 1. The van der Waals surface area contributed by atoms with Gasteiger partial charge >= 0.3 is 0 Å². The van der Waals surface area contributed by atoms with Crippen LogP contribution in [-0.2, 0) is 4.79 Å². The van der Waals surface area contributed by atoms with Crippen molar-refractivity contribution in [2.24, 2.45) is 0 Å². The molecule has 0 radical (unpaired) electrons. The van der Waals surface area contributed by atoms with E-state index >= 15 is 0 Å². The van der Waals surface area contributed by atoms with Gasteiger partial charge in [0.15, 0.2) is 0 Å². The van der Waals surface area contributed by atoms with Gasteiger partial charge in [0, 0.05) is 25.8 Å². The Balaban J connectivity index is 1.59. The quantitative estimate of drug-likeness (QED) is 0.858. The van der Waals surface area contributed by atoms with E-state index in [1.54, 1.807) is 6.33 Å². The van der Waals surface area contributed by atoms with Crippen LogP contribution in [0.15, 0.2) is 24.3 Å². The number of allylic oxidation sites excluding steroid dienone is 1. The second-order valence-electron chi connectivity index (χ2n) is 6.16. The van der Waals surface area contributed by atoms with Crippen molar-refractivity contribution >= 4 is 22.8 Å². The van der Waals surface area contributed by atoms with Crippen molar-refractivity contribution in [1.82, 2.24) is 19.9 Å². The van der Waals surface area contributed by atoms with Gasteiger partial charge in [-0.2, -0.15) is 5.26 Å². The molecule has 1 N–H and O–H groups in total. The lowest BCUT2D eigenvalue weighted by Crippen LogP contribution is -2.67. The molecule has 0 unspecified atom stereocenters. The number of rotatable bonds is 3. The van der Waals surface area contributed by atoms with Crippen molar-refractivity contribution in [3.8, 4) is 6.07 Å². The minimum atomic E-state index is -0.0584. The Bertz CT molecular complexity index is 838. The van der Waals surface area contributed by atoms with Crippen LogP contribution in [0.1, 0.15) is 19.3 Å². The van der Waals surface area contributed by atoms with Crippen molar-refractivity contribution in [2.45, 2.75) is 24.8 Å². The van der Waals surface area contributed by atoms with E-state index in [9.17, 15) is 4.79 Å².